The minimum absolute atomic E-state index is 0.127. The molecule has 0 aliphatic rings. The van der Waals surface area contributed by atoms with Gasteiger partial charge in [-0.2, -0.15) is 0 Å². The van der Waals surface area contributed by atoms with Gasteiger partial charge in [0.05, 0.1) is 0 Å². The third-order valence-electron chi connectivity index (χ3n) is 2.31. The van der Waals surface area contributed by atoms with Crippen LogP contribution in [0.2, 0.25) is 0 Å². The Hall–Kier alpha value is -0.440. The van der Waals surface area contributed by atoms with Gasteiger partial charge in [-0.15, -0.1) is 5.92 Å². The molecular weight excluding hydrogens is 120 g/mol. The maximum Gasteiger partial charge on any atom is 0.0306 e. The third-order valence-corrected chi connectivity index (χ3v) is 2.31. The van der Waals surface area contributed by atoms with Crippen molar-refractivity contribution >= 4 is 0 Å². The minimum atomic E-state index is 0.127. The van der Waals surface area contributed by atoms with Gasteiger partial charge in [0, 0.05) is 5.41 Å². The molecule has 58 valence electrons. The normalized spacial score (nSPS) is 12.2. The van der Waals surface area contributed by atoms with E-state index in [9.17, 15) is 0 Å². The zero-order chi connectivity index (χ0) is 8.41. The fourth-order valence-electron chi connectivity index (χ4n) is 0.500. The smallest absolute Gasteiger partial charge is 0.0306 e. The SMILES string of the molecule is CC#CC(C)(C)C(C)(C)C. The van der Waals surface area contributed by atoms with Crippen LogP contribution in [-0.4, -0.2) is 0 Å². The van der Waals surface area contributed by atoms with E-state index in [0.29, 0.717) is 0 Å². The summed E-state index contributed by atoms with van der Waals surface area (Å²) in [6.07, 6.45) is 0. The highest BCUT2D eigenvalue weighted by Crippen LogP contribution is 2.36. The van der Waals surface area contributed by atoms with Crippen LogP contribution in [0.5, 0.6) is 0 Å². The van der Waals surface area contributed by atoms with Crippen molar-refractivity contribution < 1.29 is 0 Å². The largest absolute Gasteiger partial charge is 0.106 e. The minimum Gasteiger partial charge on any atom is -0.106 e. The molecule has 0 radical (unpaired) electrons. The van der Waals surface area contributed by atoms with E-state index in [1.54, 1.807) is 0 Å². The van der Waals surface area contributed by atoms with Crippen LogP contribution in [0.3, 0.4) is 0 Å². The van der Waals surface area contributed by atoms with Crippen molar-refractivity contribution in [2.45, 2.75) is 41.5 Å². The first-order valence-electron chi connectivity index (χ1n) is 3.75. The molecule has 0 rings (SSSR count). The van der Waals surface area contributed by atoms with Crippen molar-refractivity contribution in [2.75, 3.05) is 0 Å². The lowest BCUT2D eigenvalue weighted by Crippen LogP contribution is -2.27. The molecule has 0 unspecified atom stereocenters. The number of hydrogen-bond acceptors (Lipinski definition) is 0. The first-order chi connectivity index (χ1) is 4.31. The van der Waals surface area contributed by atoms with E-state index < -0.39 is 0 Å². The van der Waals surface area contributed by atoms with Gasteiger partial charge in [0.25, 0.3) is 0 Å². The van der Waals surface area contributed by atoms with Crippen LogP contribution >= 0.6 is 0 Å². The van der Waals surface area contributed by atoms with Gasteiger partial charge in [-0.05, 0) is 26.2 Å². The molecule has 0 aliphatic carbocycles. The fourth-order valence-corrected chi connectivity index (χ4v) is 0.500. The number of hydrogen-bond donors (Lipinski definition) is 0. The molecule has 0 aliphatic heterocycles. The highest BCUT2D eigenvalue weighted by molar-refractivity contribution is 5.10. The molecule has 0 aromatic rings. The van der Waals surface area contributed by atoms with E-state index in [1.807, 2.05) is 6.92 Å². The molecular formula is C10H18. The van der Waals surface area contributed by atoms with E-state index in [2.05, 4.69) is 46.5 Å². The van der Waals surface area contributed by atoms with Gasteiger partial charge in [0.2, 0.25) is 0 Å². The molecule has 0 aromatic heterocycles. The maximum absolute atomic E-state index is 3.21. The van der Waals surface area contributed by atoms with Crippen molar-refractivity contribution in [3.63, 3.8) is 0 Å². The second kappa shape index (κ2) is 2.66. The molecule has 0 atom stereocenters. The molecule has 0 N–H and O–H groups in total. The van der Waals surface area contributed by atoms with Gasteiger partial charge in [0.15, 0.2) is 0 Å². The predicted molar refractivity (Wildman–Crippen MR) is 46.7 cm³/mol. The molecule has 0 saturated carbocycles. The molecule has 0 saturated heterocycles. The summed E-state index contributed by atoms with van der Waals surface area (Å²) in [6.45, 7) is 12.9. The Morgan fingerprint density at radius 3 is 1.40 bits per heavy atom. The van der Waals surface area contributed by atoms with Crippen LogP contribution in [0.25, 0.3) is 0 Å². The lowest BCUT2D eigenvalue weighted by atomic mass is 9.70. The molecule has 0 amide bonds. The highest BCUT2D eigenvalue weighted by Gasteiger charge is 2.30. The van der Waals surface area contributed by atoms with E-state index in [0.717, 1.165) is 0 Å². The first-order valence-corrected chi connectivity index (χ1v) is 3.75. The lowest BCUT2D eigenvalue weighted by Gasteiger charge is -2.33. The second-order valence-corrected chi connectivity index (χ2v) is 4.25. The summed E-state index contributed by atoms with van der Waals surface area (Å²) in [5.41, 5.74) is 0.401. The van der Waals surface area contributed by atoms with Crippen LogP contribution in [-0.2, 0) is 0 Å². The third kappa shape index (κ3) is 2.06. The lowest BCUT2D eigenvalue weighted by molar-refractivity contribution is 0.205. The van der Waals surface area contributed by atoms with Crippen LogP contribution in [0.15, 0.2) is 0 Å². The van der Waals surface area contributed by atoms with Crippen LogP contribution < -0.4 is 0 Å². The molecule has 0 heteroatoms. The summed E-state index contributed by atoms with van der Waals surface area (Å²) in [5.74, 6) is 6.18. The summed E-state index contributed by atoms with van der Waals surface area (Å²) < 4.78 is 0. The number of rotatable bonds is 0. The van der Waals surface area contributed by atoms with E-state index in [4.69, 9.17) is 0 Å². The maximum atomic E-state index is 3.21. The average molecular weight is 138 g/mol. The van der Waals surface area contributed by atoms with E-state index >= 15 is 0 Å². The second-order valence-electron chi connectivity index (χ2n) is 4.25. The monoisotopic (exact) mass is 138 g/mol. The van der Waals surface area contributed by atoms with Gasteiger partial charge in [0.1, 0.15) is 0 Å². The molecule has 0 heterocycles. The average Bonchev–Trinajstić information content (AvgIpc) is 1.61. The first kappa shape index (κ1) is 9.56. The van der Waals surface area contributed by atoms with Gasteiger partial charge >= 0.3 is 0 Å². The Labute approximate surface area is 65.0 Å². The van der Waals surface area contributed by atoms with Crippen LogP contribution in [0, 0.1) is 22.7 Å². The zero-order valence-electron chi connectivity index (χ0n) is 8.00. The summed E-state index contributed by atoms with van der Waals surface area (Å²) in [7, 11) is 0. The molecule has 0 bridgehead atoms. The van der Waals surface area contributed by atoms with Gasteiger partial charge in [-0.1, -0.05) is 26.7 Å². The highest BCUT2D eigenvalue weighted by atomic mass is 14.3. The van der Waals surface area contributed by atoms with Gasteiger partial charge in [-0.25, -0.2) is 0 Å². The van der Waals surface area contributed by atoms with Crippen molar-refractivity contribution in [2.24, 2.45) is 10.8 Å². The van der Waals surface area contributed by atoms with Crippen molar-refractivity contribution in [3.8, 4) is 11.8 Å². The van der Waals surface area contributed by atoms with E-state index in [-0.39, 0.29) is 10.8 Å². The Balaban J connectivity index is 4.51. The predicted octanol–water partition coefficient (Wildman–Crippen LogP) is 3.08. The molecule has 0 aromatic carbocycles. The quantitative estimate of drug-likeness (QED) is 0.451. The van der Waals surface area contributed by atoms with Crippen molar-refractivity contribution in [1.29, 1.82) is 0 Å². The van der Waals surface area contributed by atoms with Crippen molar-refractivity contribution in [3.05, 3.63) is 0 Å². The summed E-state index contributed by atoms with van der Waals surface area (Å²) >= 11 is 0. The molecule has 10 heavy (non-hydrogen) atoms. The van der Waals surface area contributed by atoms with Gasteiger partial charge < -0.3 is 0 Å². The Morgan fingerprint density at radius 2 is 1.30 bits per heavy atom. The Bertz CT molecular complexity index is 157. The molecule has 0 nitrogen and oxygen atoms in total. The summed E-state index contributed by atoms with van der Waals surface area (Å²) in [4.78, 5) is 0. The fraction of sp³-hybridized carbons (Fsp3) is 0.800. The van der Waals surface area contributed by atoms with Crippen LogP contribution in [0.1, 0.15) is 41.5 Å². The van der Waals surface area contributed by atoms with Crippen LogP contribution in [0.4, 0.5) is 0 Å². The molecule has 0 fully saturated rings. The molecule has 0 spiro atoms. The zero-order valence-corrected chi connectivity index (χ0v) is 8.00. The summed E-state index contributed by atoms with van der Waals surface area (Å²) in [6, 6.07) is 0. The van der Waals surface area contributed by atoms with Gasteiger partial charge in [-0.3, -0.25) is 0 Å². The topological polar surface area (TPSA) is 0 Å². The summed E-state index contributed by atoms with van der Waals surface area (Å²) in [5, 5.41) is 0. The van der Waals surface area contributed by atoms with Crippen molar-refractivity contribution in [1.82, 2.24) is 0 Å². The van der Waals surface area contributed by atoms with E-state index in [1.165, 1.54) is 0 Å². The Morgan fingerprint density at radius 1 is 0.900 bits per heavy atom. The Kier molecular flexibility index (Phi) is 2.54. The standard InChI is InChI=1S/C10H18/c1-7-8-10(5,6)9(2,3)4/h1-6H3.